The zero-order chi connectivity index (χ0) is 20.7. The molecule has 4 heteroatoms. The first kappa shape index (κ1) is 20.2. The van der Waals surface area contributed by atoms with Crippen molar-refractivity contribution in [1.82, 2.24) is 4.98 Å². The Balaban J connectivity index is 1.34. The zero-order valence-electron chi connectivity index (χ0n) is 17.1. The van der Waals surface area contributed by atoms with Crippen LogP contribution in [-0.4, -0.2) is 11.1 Å². The van der Waals surface area contributed by atoms with E-state index in [-0.39, 0.29) is 0 Å². The van der Waals surface area contributed by atoms with Crippen molar-refractivity contribution < 1.29 is 4.74 Å². The van der Waals surface area contributed by atoms with E-state index in [0.717, 1.165) is 47.3 Å². The molecule has 2 saturated carbocycles. The van der Waals surface area contributed by atoms with Crippen molar-refractivity contribution in [3.05, 3.63) is 70.7 Å². The Hall–Kier alpha value is -1.77. The second-order valence-electron chi connectivity index (χ2n) is 9.03. The third-order valence-corrected chi connectivity index (χ3v) is 7.84. The summed E-state index contributed by atoms with van der Waals surface area (Å²) < 4.78 is 6.11. The molecule has 0 bridgehead atoms. The molecule has 0 spiro atoms. The van der Waals surface area contributed by atoms with Crippen molar-refractivity contribution in [1.29, 1.82) is 0 Å². The average Bonchev–Trinajstić information content (AvgIpc) is 3.14. The van der Waals surface area contributed by atoms with E-state index >= 15 is 0 Å². The summed E-state index contributed by atoms with van der Waals surface area (Å²) in [5, 5.41) is 1.36. The van der Waals surface area contributed by atoms with E-state index in [1.54, 1.807) is 6.07 Å². The van der Waals surface area contributed by atoms with Gasteiger partial charge in [-0.1, -0.05) is 54.8 Å². The fraction of sp³-hybridized carbons (Fsp3) is 0.423. The van der Waals surface area contributed by atoms with Crippen molar-refractivity contribution >= 4 is 29.3 Å². The van der Waals surface area contributed by atoms with E-state index in [4.69, 9.17) is 27.9 Å². The number of aromatic nitrogens is 1. The molecule has 2 aliphatic carbocycles. The van der Waals surface area contributed by atoms with Crippen molar-refractivity contribution in [3.63, 3.8) is 0 Å². The van der Waals surface area contributed by atoms with Gasteiger partial charge in [-0.25, -0.2) is 0 Å². The standard InChI is InChI=1S/C26H27Cl2NO/c1-16-12-24-22-5-3-2-4-21(22)17(13-26(24)30-16)6-9-20-10-7-18(15-29-20)23-14-19(27)8-11-25(23)28/h6-11,14-15,17,21-22,24,26H,1-5,12-13H2/b9-6+/t17-,21+,22-,24+,26-/m1/s1. The van der Waals surface area contributed by atoms with Gasteiger partial charge in [0.1, 0.15) is 6.10 Å². The largest absolute Gasteiger partial charge is 0.495 e. The second-order valence-corrected chi connectivity index (χ2v) is 9.87. The molecule has 1 aromatic heterocycles. The van der Waals surface area contributed by atoms with Crippen molar-refractivity contribution in [2.75, 3.05) is 0 Å². The van der Waals surface area contributed by atoms with Gasteiger partial charge in [0, 0.05) is 39.7 Å². The highest BCUT2D eigenvalue weighted by Crippen LogP contribution is 2.53. The predicted octanol–water partition coefficient (Wildman–Crippen LogP) is 7.81. The summed E-state index contributed by atoms with van der Waals surface area (Å²) in [6.45, 7) is 4.11. The molecular formula is C26H27Cl2NO. The van der Waals surface area contributed by atoms with Gasteiger partial charge < -0.3 is 4.74 Å². The molecule has 1 aliphatic heterocycles. The molecule has 0 radical (unpaired) electrons. The molecule has 0 amide bonds. The van der Waals surface area contributed by atoms with Crippen LogP contribution in [0.1, 0.15) is 44.2 Å². The highest BCUT2D eigenvalue weighted by molar-refractivity contribution is 6.35. The maximum absolute atomic E-state index is 6.33. The summed E-state index contributed by atoms with van der Waals surface area (Å²) in [5.74, 6) is 3.80. The third kappa shape index (κ3) is 3.92. The quantitative estimate of drug-likeness (QED) is 0.486. The van der Waals surface area contributed by atoms with E-state index in [0.29, 0.717) is 28.0 Å². The number of pyridine rings is 1. The number of benzene rings is 1. The van der Waals surface area contributed by atoms with Crippen LogP contribution in [0.25, 0.3) is 17.2 Å². The average molecular weight is 440 g/mol. The molecule has 2 heterocycles. The lowest BCUT2D eigenvalue weighted by atomic mass is 9.60. The fourth-order valence-corrected chi connectivity index (χ4v) is 6.31. The number of ether oxygens (including phenoxy) is 1. The Morgan fingerprint density at radius 3 is 2.67 bits per heavy atom. The Labute approximate surface area is 189 Å². The van der Waals surface area contributed by atoms with E-state index in [1.807, 2.05) is 18.3 Å². The molecule has 0 unspecified atom stereocenters. The maximum atomic E-state index is 6.33. The maximum Gasteiger partial charge on any atom is 0.102 e. The molecule has 2 nitrogen and oxygen atoms in total. The number of fused-ring (bicyclic) bond motifs is 3. The van der Waals surface area contributed by atoms with E-state index in [1.165, 1.54) is 25.7 Å². The van der Waals surface area contributed by atoms with E-state index in [2.05, 4.69) is 35.8 Å². The molecule has 1 aromatic carbocycles. The van der Waals surface area contributed by atoms with Crippen LogP contribution in [0.15, 0.2) is 54.9 Å². The zero-order valence-corrected chi connectivity index (χ0v) is 18.6. The van der Waals surface area contributed by atoms with Crippen molar-refractivity contribution in [2.24, 2.45) is 23.7 Å². The Kier molecular flexibility index (Phi) is 5.64. The predicted molar refractivity (Wildman–Crippen MR) is 124 cm³/mol. The minimum absolute atomic E-state index is 0.354. The number of rotatable bonds is 3. The first-order valence-electron chi connectivity index (χ1n) is 11.0. The van der Waals surface area contributed by atoms with E-state index in [9.17, 15) is 0 Å². The van der Waals surface area contributed by atoms with Gasteiger partial charge in [0.05, 0.1) is 11.5 Å². The Bertz CT molecular complexity index is 967. The molecule has 0 N–H and O–H groups in total. The van der Waals surface area contributed by atoms with Gasteiger partial charge in [-0.3, -0.25) is 4.98 Å². The number of allylic oxidation sites excluding steroid dienone is 2. The van der Waals surface area contributed by atoms with Crippen LogP contribution in [0.3, 0.4) is 0 Å². The molecule has 5 rings (SSSR count). The molecule has 1 saturated heterocycles. The molecular weight excluding hydrogens is 413 g/mol. The number of hydrogen-bond donors (Lipinski definition) is 0. The van der Waals surface area contributed by atoms with Gasteiger partial charge in [0.25, 0.3) is 0 Å². The lowest BCUT2D eigenvalue weighted by molar-refractivity contribution is -0.00667. The van der Waals surface area contributed by atoms with Crippen LogP contribution in [0.2, 0.25) is 10.0 Å². The Morgan fingerprint density at radius 1 is 1.03 bits per heavy atom. The van der Waals surface area contributed by atoms with Crippen LogP contribution in [-0.2, 0) is 4.74 Å². The number of nitrogens with zero attached hydrogens (tertiary/aromatic N) is 1. The lowest BCUT2D eigenvalue weighted by Crippen LogP contribution is -2.42. The van der Waals surface area contributed by atoms with Crippen LogP contribution in [0.5, 0.6) is 0 Å². The third-order valence-electron chi connectivity index (χ3n) is 7.28. The van der Waals surface area contributed by atoms with Gasteiger partial charge in [0.15, 0.2) is 0 Å². The smallest absolute Gasteiger partial charge is 0.102 e. The number of hydrogen-bond acceptors (Lipinski definition) is 2. The van der Waals surface area contributed by atoms with Crippen molar-refractivity contribution in [2.45, 2.75) is 44.6 Å². The van der Waals surface area contributed by atoms with Crippen LogP contribution >= 0.6 is 23.2 Å². The highest BCUT2D eigenvalue weighted by atomic mass is 35.5. The molecule has 3 aliphatic rings. The van der Waals surface area contributed by atoms with Gasteiger partial charge in [0.2, 0.25) is 0 Å². The summed E-state index contributed by atoms with van der Waals surface area (Å²) in [7, 11) is 0. The second kappa shape index (κ2) is 8.40. The van der Waals surface area contributed by atoms with Gasteiger partial charge in [-0.2, -0.15) is 0 Å². The SMILES string of the molecule is C=C1C[C@H]2[C@@H]3CCCC[C@H]3[C@H](/C=C/c3ccc(-c4cc(Cl)ccc4Cl)cn3)C[C@H]2O1. The lowest BCUT2D eigenvalue weighted by Gasteiger charge is -2.45. The molecule has 2 aromatic rings. The summed E-state index contributed by atoms with van der Waals surface area (Å²) in [6, 6.07) is 9.63. The molecule has 156 valence electrons. The van der Waals surface area contributed by atoms with Gasteiger partial charge in [-0.15, -0.1) is 0 Å². The summed E-state index contributed by atoms with van der Waals surface area (Å²) in [5.41, 5.74) is 2.86. The summed E-state index contributed by atoms with van der Waals surface area (Å²) in [4.78, 5) is 4.66. The van der Waals surface area contributed by atoms with Gasteiger partial charge >= 0.3 is 0 Å². The van der Waals surface area contributed by atoms with Crippen LogP contribution in [0, 0.1) is 23.7 Å². The van der Waals surface area contributed by atoms with Crippen LogP contribution < -0.4 is 0 Å². The first-order valence-corrected chi connectivity index (χ1v) is 11.8. The molecule has 3 fully saturated rings. The van der Waals surface area contributed by atoms with Crippen molar-refractivity contribution in [3.8, 4) is 11.1 Å². The first-order chi connectivity index (χ1) is 14.6. The Morgan fingerprint density at radius 2 is 1.87 bits per heavy atom. The summed E-state index contributed by atoms with van der Waals surface area (Å²) in [6.07, 6.45) is 14.4. The topological polar surface area (TPSA) is 22.1 Å². The fourth-order valence-electron chi connectivity index (χ4n) is 5.91. The highest BCUT2D eigenvalue weighted by Gasteiger charge is 2.48. The minimum atomic E-state index is 0.354. The van der Waals surface area contributed by atoms with E-state index < -0.39 is 0 Å². The molecule has 30 heavy (non-hydrogen) atoms. The molecule has 5 atom stereocenters. The summed E-state index contributed by atoms with van der Waals surface area (Å²) >= 11 is 12.5. The van der Waals surface area contributed by atoms with Gasteiger partial charge in [-0.05, 0) is 67.4 Å². The monoisotopic (exact) mass is 439 g/mol. The minimum Gasteiger partial charge on any atom is -0.495 e. The number of halogens is 2. The normalized spacial score (nSPS) is 30.7. The van der Waals surface area contributed by atoms with Crippen LogP contribution in [0.4, 0.5) is 0 Å².